The standard InChI is InChI=1S/C10H11F2NO2/c1-13(6-10(14)15-2)7-3-4-8(11)9(12)5-7/h3-5H,6H2,1-2H3. The SMILES string of the molecule is COC(=O)CN(C)c1ccc(F)c(F)c1. The maximum atomic E-state index is 12.8. The van der Waals surface area contributed by atoms with Crippen LogP contribution in [0.3, 0.4) is 0 Å². The number of esters is 1. The Morgan fingerprint density at radius 1 is 1.40 bits per heavy atom. The predicted octanol–water partition coefficient (Wildman–Crippen LogP) is 1.57. The summed E-state index contributed by atoms with van der Waals surface area (Å²) in [5.74, 6) is -2.29. The number of likely N-dealkylation sites (N-methyl/N-ethyl adjacent to an activating group) is 1. The van der Waals surface area contributed by atoms with Gasteiger partial charge in [0.15, 0.2) is 11.6 Å². The quantitative estimate of drug-likeness (QED) is 0.717. The van der Waals surface area contributed by atoms with Gasteiger partial charge in [0.05, 0.1) is 7.11 Å². The molecule has 0 amide bonds. The molecule has 0 aliphatic rings. The third-order valence-corrected chi connectivity index (χ3v) is 1.94. The Bertz CT molecular complexity index is 368. The zero-order valence-electron chi connectivity index (χ0n) is 8.46. The van der Waals surface area contributed by atoms with E-state index in [0.29, 0.717) is 5.69 Å². The number of benzene rings is 1. The molecule has 0 heterocycles. The number of carbonyl (C=O) groups is 1. The molecule has 0 aliphatic carbocycles. The fraction of sp³-hybridized carbons (Fsp3) is 0.300. The Kier molecular flexibility index (Phi) is 3.60. The molecule has 0 unspecified atom stereocenters. The van der Waals surface area contributed by atoms with Crippen LogP contribution in [-0.2, 0) is 9.53 Å². The minimum atomic E-state index is -0.941. The number of nitrogens with zero attached hydrogens (tertiary/aromatic N) is 1. The fourth-order valence-electron chi connectivity index (χ4n) is 1.07. The van der Waals surface area contributed by atoms with Crippen molar-refractivity contribution in [2.45, 2.75) is 0 Å². The first-order chi connectivity index (χ1) is 7.04. The summed E-state index contributed by atoms with van der Waals surface area (Å²) >= 11 is 0. The molecule has 0 bridgehead atoms. The molecule has 1 aromatic carbocycles. The van der Waals surface area contributed by atoms with Crippen LogP contribution < -0.4 is 4.90 Å². The fourth-order valence-corrected chi connectivity index (χ4v) is 1.07. The van der Waals surface area contributed by atoms with Crippen LogP contribution in [0.25, 0.3) is 0 Å². The molecule has 0 spiro atoms. The molecule has 0 aromatic heterocycles. The lowest BCUT2D eigenvalue weighted by Crippen LogP contribution is -2.26. The number of carbonyl (C=O) groups excluding carboxylic acids is 1. The minimum absolute atomic E-state index is 0.0123. The van der Waals surface area contributed by atoms with Crippen LogP contribution in [0, 0.1) is 11.6 Å². The van der Waals surface area contributed by atoms with E-state index in [4.69, 9.17) is 0 Å². The third kappa shape index (κ3) is 2.90. The van der Waals surface area contributed by atoms with Crippen LogP contribution in [0.4, 0.5) is 14.5 Å². The van der Waals surface area contributed by atoms with Gasteiger partial charge >= 0.3 is 5.97 Å². The van der Waals surface area contributed by atoms with Crippen molar-refractivity contribution in [2.24, 2.45) is 0 Å². The zero-order valence-corrected chi connectivity index (χ0v) is 8.46. The molecule has 82 valence electrons. The van der Waals surface area contributed by atoms with E-state index in [2.05, 4.69) is 4.74 Å². The van der Waals surface area contributed by atoms with E-state index in [1.165, 1.54) is 18.1 Å². The van der Waals surface area contributed by atoms with E-state index < -0.39 is 17.6 Å². The smallest absolute Gasteiger partial charge is 0.325 e. The summed E-state index contributed by atoms with van der Waals surface area (Å²) in [5.41, 5.74) is 0.416. The van der Waals surface area contributed by atoms with Crippen molar-refractivity contribution in [1.29, 1.82) is 0 Å². The van der Waals surface area contributed by atoms with Gasteiger partial charge in [-0.2, -0.15) is 0 Å². The lowest BCUT2D eigenvalue weighted by Gasteiger charge is -2.17. The Morgan fingerprint density at radius 3 is 2.60 bits per heavy atom. The highest BCUT2D eigenvalue weighted by atomic mass is 19.2. The van der Waals surface area contributed by atoms with Gasteiger partial charge in [-0.05, 0) is 12.1 Å². The number of rotatable bonds is 3. The molecule has 1 rings (SSSR count). The second-order valence-electron chi connectivity index (χ2n) is 3.03. The van der Waals surface area contributed by atoms with Gasteiger partial charge in [0.25, 0.3) is 0 Å². The Balaban J connectivity index is 2.78. The maximum Gasteiger partial charge on any atom is 0.325 e. The van der Waals surface area contributed by atoms with Gasteiger partial charge in [-0.15, -0.1) is 0 Å². The van der Waals surface area contributed by atoms with Crippen LogP contribution in [0.1, 0.15) is 0 Å². The topological polar surface area (TPSA) is 29.5 Å². The number of ether oxygens (including phenoxy) is 1. The van der Waals surface area contributed by atoms with Crippen LogP contribution in [0.2, 0.25) is 0 Å². The molecular weight excluding hydrogens is 204 g/mol. The summed E-state index contributed by atoms with van der Waals surface area (Å²) < 4.78 is 29.9. The molecule has 0 fully saturated rings. The average molecular weight is 215 g/mol. The summed E-state index contributed by atoms with van der Waals surface area (Å²) in [5, 5.41) is 0. The molecule has 0 radical (unpaired) electrons. The maximum absolute atomic E-state index is 12.8. The molecule has 1 aromatic rings. The average Bonchev–Trinajstić information content (AvgIpc) is 2.21. The van der Waals surface area contributed by atoms with Crippen LogP contribution >= 0.6 is 0 Å². The Labute approximate surface area is 86.3 Å². The molecule has 3 nitrogen and oxygen atoms in total. The molecular formula is C10H11F2NO2. The summed E-state index contributed by atoms with van der Waals surface area (Å²) in [6, 6.07) is 3.43. The lowest BCUT2D eigenvalue weighted by atomic mass is 10.3. The second-order valence-corrected chi connectivity index (χ2v) is 3.03. The van der Waals surface area contributed by atoms with E-state index in [0.717, 1.165) is 12.1 Å². The van der Waals surface area contributed by atoms with Crippen LogP contribution in [-0.4, -0.2) is 26.7 Å². The molecule has 0 saturated carbocycles. The van der Waals surface area contributed by atoms with Crippen molar-refractivity contribution in [1.82, 2.24) is 0 Å². The highest BCUT2D eigenvalue weighted by molar-refractivity contribution is 5.75. The van der Waals surface area contributed by atoms with E-state index in [1.54, 1.807) is 7.05 Å². The lowest BCUT2D eigenvalue weighted by molar-refractivity contribution is -0.138. The molecule has 0 N–H and O–H groups in total. The van der Waals surface area contributed by atoms with E-state index in [1.807, 2.05) is 0 Å². The van der Waals surface area contributed by atoms with Crippen molar-refractivity contribution in [3.8, 4) is 0 Å². The normalized spacial score (nSPS) is 9.87. The van der Waals surface area contributed by atoms with Crippen molar-refractivity contribution < 1.29 is 18.3 Å². The zero-order chi connectivity index (χ0) is 11.4. The Hall–Kier alpha value is -1.65. The summed E-state index contributed by atoms with van der Waals surface area (Å²) in [4.78, 5) is 12.4. The van der Waals surface area contributed by atoms with Crippen molar-refractivity contribution in [3.05, 3.63) is 29.8 Å². The van der Waals surface area contributed by atoms with Gasteiger partial charge in [0.2, 0.25) is 0 Å². The van der Waals surface area contributed by atoms with E-state index >= 15 is 0 Å². The van der Waals surface area contributed by atoms with Gasteiger partial charge in [0, 0.05) is 18.8 Å². The minimum Gasteiger partial charge on any atom is -0.468 e. The van der Waals surface area contributed by atoms with Crippen molar-refractivity contribution in [3.63, 3.8) is 0 Å². The van der Waals surface area contributed by atoms with Gasteiger partial charge in [0.1, 0.15) is 6.54 Å². The monoisotopic (exact) mass is 215 g/mol. The number of hydrogen-bond acceptors (Lipinski definition) is 3. The number of hydrogen-bond donors (Lipinski definition) is 0. The highest BCUT2D eigenvalue weighted by Gasteiger charge is 2.09. The van der Waals surface area contributed by atoms with Crippen molar-refractivity contribution >= 4 is 11.7 Å². The first kappa shape index (κ1) is 11.4. The van der Waals surface area contributed by atoms with E-state index in [-0.39, 0.29) is 6.54 Å². The Morgan fingerprint density at radius 2 is 2.07 bits per heavy atom. The molecule has 5 heteroatoms. The van der Waals surface area contributed by atoms with Crippen LogP contribution in [0.5, 0.6) is 0 Å². The van der Waals surface area contributed by atoms with Gasteiger partial charge in [-0.3, -0.25) is 4.79 Å². The van der Waals surface area contributed by atoms with E-state index in [9.17, 15) is 13.6 Å². The number of anilines is 1. The summed E-state index contributed by atoms with van der Waals surface area (Å²) in [7, 11) is 2.85. The number of methoxy groups -OCH3 is 1. The highest BCUT2D eigenvalue weighted by Crippen LogP contribution is 2.16. The molecule has 15 heavy (non-hydrogen) atoms. The predicted molar refractivity (Wildman–Crippen MR) is 51.6 cm³/mol. The van der Waals surface area contributed by atoms with Gasteiger partial charge in [-0.1, -0.05) is 0 Å². The van der Waals surface area contributed by atoms with Gasteiger partial charge < -0.3 is 9.64 Å². The number of halogens is 2. The molecule has 0 aliphatic heterocycles. The summed E-state index contributed by atoms with van der Waals surface area (Å²) in [6.45, 7) is -0.0123. The van der Waals surface area contributed by atoms with Crippen molar-refractivity contribution in [2.75, 3.05) is 25.6 Å². The van der Waals surface area contributed by atoms with Crippen LogP contribution in [0.15, 0.2) is 18.2 Å². The first-order valence-electron chi connectivity index (χ1n) is 4.27. The third-order valence-electron chi connectivity index (χ3n) is 1.94. The molecule has 0 saturated heterocycles. The first-order valence-corrected chi connectivity index (χ1v) is 4.27. The largest absolute Gasteiger partial charge is 0.468 e. The summed E-state index contributed by atoms with van der Waals surface area (Å²) in [6.07, 6.45) is 0. The second kappa shape index (κ2) is 4.72. The molecule has 0 atom stereocenters. The van der Waals surface area contributed by atoms with Gasteiger partial charge in [-0.25, -0.2) is 8.78 Å².